The second-order valence-corrected chi connectivity index (χ2v) is 0.224. The first-order valence-corrected chi connectivity index (χ1v) is 0.724. The third kappa shape index (κ3) is 11.8. The van der Waals surface area contributed by atoms with E-state index in [9.17, 15) is 0 Å². The minimum absolute atomic E-state index is 0. The SMILES string of the molecule is CNO.[Y]. The molecule has 1 radical (unpaired) electrons. The van der Waals surface area contributed by atoms with Crippen molar-refractivity contribution in [1.82, 2.24) is 5.48 Å². The van der Waals surface area contributed by atoms with Crippen LogP contribution in [0, 0.1) is 0 Å². The van der Waals surface area contributed by atoms with Crippen molar-refractivity contribution >= 4 is 0 Å². The van der Waals surface area contributed by atoms with E-state index in [1.807, 2.05) is 0 Å². The molecule has 3 heteroatoms. The monoisotopic (exact) mass is 136 g/mol. The Morgan fingerprint density at radius 1 is 1.75 bits per heavy atom. The summed E-state index contributed by atoms with van der Waals surface area (Å²) in [6.45, 7) is 0. The molecular weight excluding hydrogens is 131 g/mol. The van der Waals surface area contributed by atoms with E-state index in [2.05, 4.69) is 0 Å². The zero-order valence-corrected chi connectivity index (χ0v) is 5.36. The van der Waals surface area contributed by atoms with Crippen LogP contribution in [0.3, 0.4) is 0 Å². The second-order valence-electron chi connectivity index (χ2n) is 0.224. The number of hydrogen-bond acceptors (Lipinski definition) is 2. The molecule has 0 rings (SSSR count). The molecule has 0 amide bonds. The summed E-state index contributed by atoms with van der Waals surface area (Å²) in [5.41, 5.74) is 1.75. The number of nitrogens with one attached hydrogen (secondary N) is 1. The molecule has 0 bridgehead atoms. The summed E-state index contributed by atoms with van der Waals surface area (Å²) in [6.07, 6.45) is 0. The first kappa shape index (κ1) is 8.90. The zero-order valence-electron chi connectivity index (χ0n) is 2.52. The van der Waals surface area contributed by atoms with Gasteiger partial charge in [-0.1, -0.05) is 0 Å². The Balaban J connectivity index is 0. The van der Waals surface area contributed by atoms with Crippen LogP contribution < -0.4 is 5.48 Å². The normalized spacial score (nSPS) is 4.50. The predicted molar refractivity (Wildman–Crippen MR) is 10.8 cm³/mol. The third-order valence-corrected chi connectivity index (χ3v) is 0. The zero-order chi connectivity index (χ0) is 2.71. The Morgan fingerprint density at radius 3 is 1.75 bits per heavy atom. The summed E-state index contributed by atoms with van der Waals surface area (Å²) in [6, 6.07) is 0. The van der Waals surface area contributed by atoms with Crippen LogP contribution in [0.1, 0.15) is 0 Å². The van der Waals surface area contributed by atoms with E-state index in [0.29, 0.717) is 0 Å². The van der Waals surface area contributed by atoms with Gasteiger partial charge in [-0.2, -0.15) is 0 Å². The van der Waals surface area contributed by atoms with Crippen LogP contribution in [-0.2, 0) is 32.7 Å². The molecule has 0 spiro atoms. The Morgan fingerprint density at radius 2 is 1.75 bits per heavy atom. The molecule has 0 fully saturated rings. The number of hydrogen-bond donors (Lipinski definition) is 2. The van der Waals surface area contributed by atoms with E-state index >= 15 is 0 Å². The molecule has 0 atom stereocenters. The summed E-state index contributed by atoms with van der Waals surface area (Å²) < 4.78 is 0. The molecule has 0 heterocycles. The molecule has 0 aromatic heterocycles. The molecule has 0 aliphatic rings. The minimum atomic E-state index is 0. The fraction of sp³-hybridized carbons (Fsp3) is 1.00. The first-order valence-electron chi connectivity index (χ1n) is 0.724. The van der Waals surface area contributed by atoms with Crippen LogP contribution in [0.25, 0.3) is 0 Å². The third-order valence-electron chi connectivity index (χ3n) is 0. The van der Waals surface area contributed by atoms with E-state index in [1.165, 1.54) is 7.05 Å². The molecule has 4 heavy (non-hydrogen) atoms. The second kappa shape index (κ2) is 8.98. The van der Waals surface area contributed by atoms with E-state index in [4.69, 9.17) is 5.21 Å². The standard InChI is InChI=1S/CH5NO.Y/c1-2-3;/h2-3H,1H3;. The summed E-state index contributed by atoms with van der Waals surface area (Å²) in [7, 11) is 1.43. The van der Waals surface area contributed by atoms with Gasteiger partial charge in [-0.3, -0.25) is 0 Å². The van der Waals surface area contributed by atoms with E-state index in [-0.39, 0.29) is 32.7 Å². The maximum Gasteiger partial charge on any atom is 0.00929 e. The van der Waals surface area contributed by atoms with Gasteiger partial charge < -0.3 is 5.21 Å². The quantitative estimate of drug-likeness (QED) is 0.443. The predicted octanol–water partition coefficient (Wildman–Crippen LogP) is -0.407. The fourth-order valence-corrected chi connectivity index (χ4v) is 0. The van der Waals surface area contributed by atoms with E-state index < -0.39 is 0 Å². The number of rotatable bonds is 0. The van der Waals surface area contributed by atoms with Crippen LogP contribution in [0.5, 0.6) is 0 Å². The Labute approximate surface area is 50.4 Å². The molecule has 0 saturated heterocycles. The van der Waals surface area contributed by atoms with Crippen molar-refractivity contribution in [3.8, 4) is 0 Å². The average Bonchev–Trinajstić information content (AvgIpc) is 0.918. The summed E-state index contributed by atoms with van der Waals surface area (Å²) >= 11 is 0. The molecule has 23 valence electrons. The topological polar surface area (TPSA) is 32.3 Å². The molecule has 2 N–H and O–H groups in total. The summed E-state index contributed by atoms with van der Waals surface area (Å²) in [5, 5.41) is 7.32. The van der Waals surface area contributed by atoms with Crippen LogP contribution >= 0.6 is 0 Å². The molecule has 0 unspecified atom stereocenters. The Kier molecular flexibility index (Phi) is 20.0. The van der Waals surface area contributed by atoms with Crippen LogP contribution in [0.2, 0.25) is 0 Å². The molecule has 0 aliphatic heterocycles. The fourth-order valence-electron chi connectivity index (χ4n) is 0. The van der Waals surface area contributed by atoms with Crippen molar-refractivity contribution in [2.24, 2.45) is 0 Å². The van der Waals surface area contributed by atoms with Gasteiger partial charge in [0.25, 0.3) is 0 Å². The maximum atomic E-state index is 7.32. The Hall–Kier alpha value is 1.02. The van der Waals surface area contributed by atoms with Gasteiger partial charge in [0.15, 0.2) is 0 Å². The summed E-state index contributed by atoms with van der Waals surface area (Å²) in [5.74, 6) is 0. The van der Waals surface area contributed by atoms with Gasteiger partial charge in [0.1, 0.15) is 0 Å². The molecule has 0 saturated carbocycles. The van der Waals surface area contributed by atoms with Gasteiger partial charge in [0, 0.05) is 39.8 Å². The van der Waals surface area contributed by atoms with Gasteiger partial charge in [0.05, 0.1) is 0 Å². The number of hydroxylamine groups is 1. The van der Waals surface area contributed by atoms with Crippen LogP contribution in [0.15, 0.2) is 0 Å². The smallest absolute Gasteiger partial charge is 0.00929 e. The van der Waals surface area contributed by atoms with Crippen LogP contribution in [0.4, 0.5) is 0 Å². The average molecular weight is 136 g/mol. The van der Waals surface area contributed by atoms with Crippen molar-refractivity contribution in [2.75, 3.05) is 7.05 Å². The molecule has 0 aliphatic carbocycles. The van der Waals surface area contributed by atoms with Crippen molar-refractivity contribution in [1.29, 1.82) is 0 Å². The molecule has 2 nitrogen and oxygen atoms in total. The van der Waals surface area contributed by atoms with E-state index in [1.54, 1.807) is 5.48 Å². The van der Waals surface area contributed by atoms with E-state index in [0.717, 1.165) is 0 Å². The largest absolute Gasteiger partial charge is 0.317 e. The maximum absolute atomic E-state index is 7.32. The first-order chi connectivity index (χ1) is 1.41. The van der Waals surface area contributed by atoms with Crippen molar-refractivity contribution in [2.45, 2.75) is 0 Å². The van der Waals surface area contributed by atoms with Gasteiger partial charge >= 0.3 is 0 Å². The van der Waals surface area contributed by atoms with Crippen molar-refractivity contribution in [3.05, 3.63) is 0 Å². The van der Waals surface area contributed by atoms with Gasteiger partial charge in [-0.05, 0) is 0 Å². The molecule has 0 aromatic carbocycles. The summed E-state index contributed by atoms with van der Waals surface area (Å²) in [4.78, 5) is 0. The van der Waals surface area contributed by atoms with Gasteiger partial charge in [-0.25, -0.2) is 5.48 Å². The van der Waals surface area contributed by atoms with Gasteiger partial charge in [0.2, 0.25) is 0 Å². The Bertz CT molecular complexity index is 8.00. The van der Waals surface area contributed by atoms with Crippen molar-refractivity contribution < 1.29 is 37.9 Å². The van der Waals surface area contributed by atoms with Crippen LogP contribution in [-0.4, -0.2) is 12.3 Å². The minimum Gasteiger partial charge on any atom is -0.317 e. The molecule has 0 aromatic rings. The van der Waals surface area contributed by atoms with Gasteiger partial charge in [-0.15, -0.1) is 0 Å². The van der Waals surface area contributed by atoms with Crippen molar-refractivity contribution in [3.63, 3.8) is 0 Å². The molecular formula is CH5NOY.